The zero-order valence-electron chi connectivity index (χ0n) is 7.83. The molecule has 0 aromatic heterocycles. The van der Waals surface area contributed by atoms with Gasteiger partial charge in [-0.25, -0.2) is 9.79 Å². The first-order valence-electron chi connectivity index (χ1n) is 5.19. The molecule has 2 amide bonds. The molecule has 1 aliphatic carbocycles. The maximum atomic E-state index is 11.0. The summed E-state index contributed by atoms with van der Waals surface area (Å²) in [6.07, 6.45) is 9.26. The Hall–Kier alpha value is -0.860. The molecule has 1 saturated carbocycles. The van der Waals surface area contributed by atoms with E-state index in [9.17, 15) is 4.79 Å². The van der Waals surface area contributed by atoms with Crippen molar-refractivity contribution in [2.24, 2.45) is 10.9 Å². The van der Waals surface area contributed by atoms with Gasteiger partial charge < -0.3 is 5.32 Å². The fourth-order valence-electron chi connectivity index (χ4n) is 2.35. The Kier molecular flexibility index (Phi) is 2.62. The number of hydrogen-bond acceptors (Lipinski definition) is 1. The van der Waals surface area contributed by atoms with Crippen molar-refractivity contribution in [2.45, 2.75) is 44.6 Å². The van der Waals surface area contributed by atoms with Crippen LogP contribution in [0.2, 0.25) is 0 Å². The average molecular weight is 180 g/mol. The molecule has 0 aromatic rings. The average Bonchev–Trinajstić information content (AvgIpc) is 2.19. The van der Waals surface area contributed by atoms with Crippen molar-refractivity contribution >= 4 is 12.2 Å². The molecule has 1 heterocycles. The molecule has 3 heteroatoms. The van der Waals surface area contributed by atoms with Gasteiger partial charge in [-0.15, -0.1) is 0 Å². The summed E-state index contributed by atoms with van der Waals surface area (Å²) in [7, 11) is 0. The third-order valence-electron chi connectivity index (χ3n) is 3.10. The summed E-state index contributed by atoms with van der Waals surface area (Å²) in [5.41, 5.74) is 0. The number of aliphatic imine (C=N–C) groups is 1. The topological polar surface area (TPSA) is 41.5 Å². The van der Waals surface area contributed by atoms with E-state index in [0.29, 0.717) is 12.0 Å². The molecule has 3 nitrogen and oxygen atoms in total. The summed E-state index contributed by atoms with van der Waals surface area (Å²) in [4.78, 5) is 14.7. The van der Waals surface area contributed by atoms with Crippen LogP contribution in [0, 0.1) is 5.92 Å². The lowest BCUT2D eigenvalue weighted by molar-refractivity contribution is 0.227. The van der Waals surface area contributed by atoms with E-state index in [4.69, 9.17) is 0 Å². The first-order chi connectivity index (χ1) is 6.36. The molecule has 1 N–H and O–H groups in total. The van der Waals surface area contributed by atoms with E-state index in [2.05, 4.69) is 10.3 Å². The van der Waals surface area contributed by atoms with Crippen LogP contribution in [-0.2, 0) is 0 Å². The zero-order chi connectivity index (χ0) is 9.10. The third kappa shape index (κ3) is 2.08. The Bertz CT molecular complexity index is 219. The molecular weight excluding hydrogens is 164 g/mol. The fourth-order valence-corrected chi connectivity index (χ4v) is 2.35. The number of amides is 2. The van der Waals surface area contributed by atoms with Crippen LogP contribution in [0.5, 0.6) is 0 Å². The van der Waals surface area contributed by atoms with Gasteiger partial charge in [0, 0.05) is 18.7 Å². The number of nitrogens with zero attached hydrogens (tertiary/aromatic N) is 1. The lowest BCUT2D eigenvalue weighted by atomic mass is 9.82. The van der Waals surface area contributed by atoms with Gasteiger partial charge in [0.1, 0.15) is 0 Å². The van der Waals surface area contributed by atoms with Crippen LogP contribution in [0.1, 0.15) is 38.5 Å². The van der Waals surface area contributed by atoms with E-state index in [1.54, 1.807) is 6.21 Å². The summed E-state index contributed by atoms with van der Waals surface area (Å²) < 4.78 is 0. The molecule has 2 aliphatic rings. The van der Waals surface area contributed by atoms with Gasteiger partial charge in [-0.3, -0.25) is 0 Å². The van der Waals surface area contributed by atoms with Crippen molar-refractivity contribution in [3.8, 4) is 0 Å². The maximum absolute atomic E-state index is 11.0. The Morgan fingerprint density at radius 2 is 2.08 bits per heavy atom. The standard InChI is InChI=1S/C10H16N2O/c13-10-11-7-6-9(12-10)8-4-2-1-3-5-8/h7-9H,1-6H2,(H,12,13). The second-order valence-corrected chi connectivity index (χ2v) is 4.00. The van der Waals surface area contributed by atoms with Crippen LogP contribution in [0.25, 0.3) is 0 Å². The number of carbonyl (C=O) groups is 1. The van der Waals surface area contributed by atoms with Gasteiger partial charge in [-0.05, 0) is 18.8 Å². The number of urea groups is 1. The molecule has 1 atom stereocenters. The summed E-state index contributed by atoms with van der Waals surface area (Å²) in [5, 5.41) is 2.95. The van der Waals surface area contributed by atoms with Crippen LogP contribution in [-0.4, -0.2) is 18.3 Å². The maximum Gasteiger partial charge on any atom is 0.340 e. The number of nitrogens with one attached hydrogen (secondary N) is 1. The lowest BCUT2D eigenvalue weighted by Gasteiger charge is -2.30. The van der Waals surface area contributed by atoms with E-state index in [0.717, 1.165) is 6.42 Å². The van der Waals surface area contributed by atoms with E-state index in [-0.39, 0.29) is 6.03 Å². The molecule has 2 rings (SSSR count). The van der Waals surface area contributed by atoms with Crippen LogP contribution in [0.3, 0.4) is 0 Å². The largest absolute Gasteiger partial charge is 0.340 e. The minimum atomic E-state index is -0.151. The molecule has 0 bridgehead atoms. The Morgan fingerprint density at radius 3 is 2.77 bits per heavy atom. The molecule has 13 heavy (non-hydrogen) atoms. The van der Waals surface area contributed by atoms with Gasteiger partial charge in [-0.1, -0.05) is 19.3 Å². The van der Waals surface area contributed by atoms with E-state index in [1.807, 2.05) is 0 Å². The predicted molar refractivity (Wildman–Crippen MR) is 52.0 cm³/mol. The highest BCUT2D eigenvalue weighted by atomic mass is 16.2. The fraction of sp³-hybridized carbons (Fsp3) is 0.800. The SMILES string of the molecule is O=C1N=CCC(C2CCCCC2)N1. The van der Waals surface area contributed by atoms with Gasteiger partial charge >= 0.3 is 6.03 Å². The van der Waals surface area contributed by atoms with Crippen molar-refractivity contribution in [1.82, 2.24) is 5.32 Å². The number of carbonyl (C=O) groups excluding carboxylic acids is 1. The molecule has 0 spiro atoms. The molecule has 0 aromatic carbocycles. The van der Waals surface area contributed by atoms with Gasteiger partial charge in [0.05, 0.1) is 0 Å². The highest BCUT2D eigenvalue weighted by Gasteiger charge is 2.25. The van der Waals surface area contributed by atoms with E-state index in [1.165, 1.54) is 32.1 Å². The second kappa shape index (κ2) is 3.90. The van der Waals surface area contributed by atoms with Crippen LogP contribution < -0.4 is 5.32 Å². The first kappa shape index (κ1) is 8.73. The smallest absolute Gasteiger partial charge is 0.333 e. The minimum Gasteiger partial charge on any atom is -0.333 e. The molecule has 1 aliphatic heterocycles. The summed E-state index contributed by atoms with van der Waals surface area (Å²) in [5.74, 6) is 0.699. The Balaban J connectivity index is 1.92. The highest BCUT2D eigenvalue weighted by Crippen LogP contribution is 2.28. The monoisotopic (exact) mass is 180 g/mol. The van der Waals surface area contributed by atoms with Crippen molar-refractivity contribution in [2.75, 3.05) is 0 Å². The Labute approximate surface area is 78.6 Å². The molecule has 0 saturated heterocycles. The van der Waals surface area contributed by atoms with Gasteiger partial charge in [0.2, 0.25) is 0 Å². The van der Waals surface area contributed by atoms with Crippen LogP contribution in [0.4, 0.5) is 4.79 Å². The molecule has 0 radical (unpaired) electrons. The van der Waals surface area contributed by atoms with Crippen molar-refractivity contribution in [3.63, 3.8) is 0 Å². The minimum absolute atomic E-state index is 0.151. The van der Waals surface area contributed by atoms with E-state index < -0.39 is 0 Å². The normalized spacial score (nSPS) is 30.2. The third-order valence-corrected chi connectivity index (χ3v) is 3.10. The predicted octanol–water partition coefficient (Wildman–Crippen LogP) is 2.12. The molecular formula is C10H16N2O. The number of rotatable bonds is 1. The zero-order valence-corrected chi connectivity index (χ0v) is 7.83. The molecule has 72 valence electrons. The first-order valence-corrected chi connectivity index (χ1v) is 5.19. The summed E-state index contributed by atoms with van der Waals surface area (Å²) >= 11 is 0. The van der Waals surface area contributed by atoms with E-state index >= 15 is 0 Å². The summed E-state index contributed by atoms with van der Waals surface area (Å²) in [6, 6.07) is 0.215. The second-order valence-electron chi connectivity index (χ2n) is 4.00. The summed E-state index contributed by atoms with van der Waals surface area (Å²) in [6.45, 7) is 0. The quantitative estimate of drug-likeness (QED) is 0.659. The van der Waals surface area contributed by atoms with Crippen molar-refractivity contribution < 1.29 is 4.79 Å². The lowest BCUT2D eigenvalue weighted by Crippen LogP contribution is -2.42. The Morgan fingerprint density at radius 1 is 1.31 bits per heavy atom. The van der Waals surface area contributed by atoms with Crippen LogP contribution >= 0.6 is 0 Å². The highest BCUT2D eigenvalue weighted by molar-refractivity contribution is 5.86. The molecule has 1 unspecified atom stereocenters. The molecule has 1 fully saturated rings. The van der Waals surface area contributed by atoms with Crippen molar-refractivity contribution in [1.29, 1.82) is 0 Å². The van der Waals surface area contributed by atoms with Gasteiger partial charge in [0.15, 0.2) is 0 Å². The van der Waals surface area contributed by atoms with Gasteiger partial charge in [-0.2, -0.15) is 0 Å². The van der Waals surface area contributed by atoms with Gasteiger partial charge in [0.25, 0.3) is 0 Å². The van der Waals surface area contributed by atoms with Crippen molar-refractivity contribution in [3.05, 3.63) is 0 Å². The van der Waals surface area contributed by atoms with Crippen LogP contribution in [0.15, 0.2) is 4.99 Å². The number of hydrogen-bond donors (Lipinski definition) is 1.